The molecule has 27 heavy (non-hydrogen) atoms. The lowest BCUT2D eigenvalue weighted by Gasteiger charge is -2.29. The van der Waals surface area contributed by atoms with Crippen molar-refractivity contribution in [3.63, 3.8) is 0 Å². The number of aryl methyl sites for hydroxylation is 1. The fraction of sp³-hybridized carbons (Fsp3) is 0.381. The Balaban J connectivity index is 1.56. The fourth-order valence-corrected chi connectivity index (χ4v) is 3.91. The molecule has 0 unspecified atom stereocenters. The lowest BCUT2D eigenvalue weighted by molar-refractivity contribution is 0.0946. The van der Waals surface area contributed by atoms with E-state index in [0.29, 0.717) is 6.54 Å². The predicted octanol–water partition coefficient (Wildman–Crippen LogP) is 3.56. The highest BCUT2D eigenvalue weighted by molar-refractivity contribution is 9.10. The summed E-state index contributed by atoms with van der Waals surface area (Å²) in [5, 5.41) is 3.03. The molecule has 144 valence electrons. The van der Waals surface area contributed by atoms with Gasteiger partial charge in [0.15, 0.2) is 11.5 Å². The molecule has 6 heteroatoms. The van der Waals surface area contributed by atoms with E-state index in [2.05, 4.69) is 38.3 Å². The second kappa shape index (κ2) is 8.76. The minimum atomic E-state index is -0.0242. The summed E-state index contributed by atoms with van der Waals surface area (Å²) in [7, 11) is 3.32. The van der Waals surface area contributed by atoms with Crippen LogP contribution in [0.3, 0.4) is 0 Å². The van der Waals surface area contributed by atoms with Crippen LogP contribution in [0.15, 0.2) is 34.8 Å². The van der Waals surface area contributed by atoms with Crippen LogP contribution < -0.4 is 14.8 Å². The maximum absolute atomic E-state index is 12.4. The number of methoxy groups -OCH3 is 2. The quantitative estimate of drug-likeness (QED) is 0.757. The van der Waals surface area contributed by atoms with E-state index < -0.39 is 0 Å². The first-order valence-electron chi connectivity index (χ1n) is 9.02. The zero-order valence-electron chi connectivity index (χ0n) is 16.0. The van der Waals surface area contributed by atoms with Crippen LogP contribution in [0.25, 0.3) is 0 Å². The number of nitrogens with zero attached hydrogens (tertiary/aromatic N) is 1. The van der Waals surface area contributed by atoms with Gasteiger partial charge in [0, 0.05) is 36.2 Å². The number of amides is 1. The summed E-state index contributed by atoms with van der Waals surface area (Å²) in [5.41, 5.74) is 4.25. The van der Waals surface area contributed by atoms with Gasteiger partial charge in [-0.1, -0.05) is 15.9 Å². The Hall–Kier alpha value is -2.05. The molecule has 1 heterocycles. The molecular formula is C21H25BrN2O3. The number of hydrogen-bond donors (Lipinski definition) is 1. The third-order valence-corrected chi connectivity index (χ3v) is 5.44. The maximum atomic E-state index is 12.4. The van der Waals surface area contributed by atoms with Gasteiger partial charge in [0.1, 0.15) is 0 Å². The number of benzene rings is 2. The van der Waals surface area contributed by atoms with E-state index in [9.17, 15) is 4.79 Å². The molecule has 0 spiro atoms. The molecule has 0 fully saturated rings. The van der Waals surface area contributed by atoms with Crippen LogP contribution in [-0.4, -0.2) is 44.7 Å². The molecule has 0 bridgehead atoms. The summed E-state index contributed by atoms with van der Waals surface area (Å²) < 4.78 is 11.8. The smallest absolute Gasteiger partial charge is 0.251 e. The van der Waals surface area contributed by atoms with Gasteiger partial charge in [0.2, 0.25) is 0 Å². The molecule has 0 aliphatic carbocycles. The first-order valence-corrected chi connectivity index (χ1v) is 9.81. The standard InChI is InChI=1S/C21H25BrN2O3/c1-14-10-17(22)4-5-18(14)21(25)23-7-9-24-8-6-15-11-19(26-2)20(27-3)12-16(15)13-24/h4-5,10-12H,6-9,13H2,1-3H3,(H,23,25). The minimum Gasteiger partial charge on any atom is -0.493 e. The summed E-state index contributed by atoms with van der Waals surface area (Å²) >= 11 is 3.43. The van der Waals surface area contributed by atoms with E-state index in [1.165, 1.54) is 11.1 Å². The monoisotopic (exact) mass is 432 g/mol. The van der Waals surface area contributed by atoms with Crippen molar-refractivity contribution in [2.75, 3.05) is 33.9 Å². The number of fused-ring (bicyclic) bond motifs is 1. The second-order valence-corrected chi connectivity index (χ2v) is 7.63. The molecule has 2 aromatic rings. The van der Waals surface area contributed by atoms with E-state index >= 15 is 0 Å². The molecule has 0 radical (unpaired) electrons. The first kappa shape index (κ1) is 19.7. The van der Waals surface area contributed by atoms with Crippen molar-refractivity contribution in [2.24, 2.45) is 0 Å². The molecule has 0 atom stereocenters. The maximum Gasteiger partial charge on any atom is 0.251 e. The SMILES string of the molecule is COc1cc2c(cc1OC)CN(CCNC(=O)c1ccc(Br)cc1C)CC2. The highest BCUT2D eigenvalue weighted by atomic mass is 79.9. The van der Waals surface area contributed by atoms with Gasteiger partial charge in [-0.25, -0.2) is 0 Å². The number of halogens is 1. The van der Waals surface area contributed by atoms with Gasteiger partial charge in [-0.15, -0.1) is 0 Å². The van der Waals surface area contributed by atoms with Crippen molar-refractivity contribution >= 4 is 21.8 Å². The van der Waals surface area contributed by atoms with E-state index in [0.717, 1.165) is 53.2 Å². The number of carbonyl (C=O) groups is 1. The molecular weight excluding hydrogens is 408 g/mol. The van der Waals surface area contributed by atoms with Crippen LogP contribution in [0.4, 0.5) is 0 Å². The fourth-order valence-electron chi connectivity index (χ4n) is 3.44. The van der Waals surface area contributed by atoms with Crippen LogP contribution in [0.1, 0.15) is 27.0 Å². The van der Waals surface area contributed by atoms with Crippen LogP contribution in [0.5, 0.6) is 11.5 Å². The molecule has 5 nitrogen and oxygen atoms in total. The van der Waals surface area contributed by atoms with Crippen LogP contribution in [0, 0.1) is 6.92 Å². The lowest BCUT2D eigenvalue weighted by Crippen LogP contribution is -2.38. The van der Waals surface area contributed by atoms with E-state index in [-0.39, 0.29) is 5.91 Å². The molecule has 1 N–H and O–H groups in total. The average Bonchev–Trinajstić information content (AvgIpc) is 2.66. The molecule has 2 aromatic carbocycles. The molecule has 1 aliphatic rings. The van der Waals surface area contributed by atoms with Crippen molar-refractivity contribution in [1.29, 1.82) is 0 Å². The van der Waals surface area contributed by atoms with Crippen LogP contribution >= 0.6 is 15.9 Å². The Morgan fingerprint density at radius 3 is 2.52 bits per heavy atom. The predicted molar refractivity (Wildman–Crippen MR) is 110 cm³/mol. The highest BCUT2D eigenvalue weighted by Gasteiger charge is 2.19. The van der Waals surface area contributed by atoms with Gasteiger partial charge in [-0.3, -0.25) is 9.69 Å². The minimum absolute atomic E-state index is 0.0242. The summed E-state index contributed by atoms with van der Waals surface area (Å²) in [6.07, 6.45) is 0.968. The molecule has 1 amide bonds. The normalized spacial score (nSPS) is 13.8. The van der Waals surface area contributed by atoms with Gasteiger partial charge in [0.25, 0.3) is 5.91 Å². The summed E-state index contributed by atoms with van der Waals surface area (Å²) in [5.74, 6) is 1.52. The van der Waals surface area contributed by atoms with E-state index in [1.807, 2.05) is 25.1 Å². The number of nitrogens with one attached hydrogen (secondary N) is 1. The molecule has 3 rings (SSSR count). The van der Waals surface area contributed by atoms with Crippen molar-refractivity contribution in [3.05, 3.63) is 57.1 Å². The first-order chi connectivity index (χ1) is 13.0. The molecule has 0 aromatic heterocycles. The Labute approximate surface area is 168 Å². The Bertz CT molecular complexity index is 838. The van der Waals surface area contributed by atoms with Gasteiger partial charge < -0.3 is 14.8 Å². The van der Waals surface area contributed by atoms with Gasteiger partial charge in [0.05, 0.1) is 14.2 Å². The Kier molecular flexibility index (Phi) is 6.39. The van der Waals surface area contributed by atoms with Gasteiger partial charge in [-0.05, 0) is 60.4 Å². The molecule has 1 aliphatic heterocycles. The van der Waals surface area contributed by atoms with Gasteiger partial charge in [-0.2, -0.15) is 0 Å². The van der Waals surface area contributed by atoms with Crippen LogP contribution in [-0.2, 0) is 13.0 Å². The average molecular weight is 433 g/mol. The highest BCUT2D eigenvalue weighted by Crippen LogP contribution is 2.33. The van der Waals surface area contributed by atoms with Crippen molar-refractivity contribution in [2.45, 2.75) is 19.9 Å². The number of hydrogen-bond acceptors (Lipinski definition) is 4. The number of rotatable bonds is 6. The summed E-state index contributed by atoms with van der Waals surface area (Å²) in [6, 6.07) is 9.84. The molecule has 0 saturated carbocycles. The van der Waals surface area contributed by atoms with Crippen molar-refractivity contribution in [3.8, 4) is 11.5 Å². The number of ether oxygens (including phenoxy) is 2. The Morgan fingerprint density at radius 1 is 1.15 bits per heavy atom. The summed E-state index contributed by atoms with van der Waals surface area (Å²) in [4.78, 5) is 14.7. The topological polar surface area (TPSA) is 50.8 Å². The second-order valence-electron chi connectivity index (χ2n) is 6.72. The van der Waals surface area contributed by atoms with Crippen molar-refractivity contribution in [1.82, 2.24) is 10.2 Å². The largest absolute Gasteiger partial charge is 0.493 e. The van der Waals surface area contributed by atoms with E-state index in [1.54, 1.807) is 14.2 Å². The Morgan fingerprint density at radius 2 is 1.85 bits per heavy atom. The van der Waals surface area contributed by atoms with Crippen molar-refractivity contribution < 1.29 is 14.3 Å². The summed E-state index contributed by atoms with van der Waals surface area (Å²) in [6.45, 7) is 5.20. The van der Waals surface area contributed by atoms with Crippen LogP contribution in [0.2, 0.25) is 0 Å². The lowest BCUT2D eigenvalue weighted by atomic mass is 9.99. The zero-order valence-corrected chi connectivity index (χ0v) is 17.6. The third kappa shape index (κ3) is 4.62. The third-order valence-electron chi connectivity index (χ3n) is 4.94. The number of carbonyl (C=O) groups excluding carboxylic acids is 1. The van der Waals surface area contributed by atoms with E-state index in [4.69, 9.17) is 9.47 Å². The zero-order chi connectivity index (χ0) is 19.4. The molecule has 0 saturated heterocycles. The van der Waals surface area contributed by atoms with Gasteiger partial charge >= 0.3 is 0 Å².